The van der Waals surface area contributed by atoms with Crippen LogP contribution in [-0.4, -0.2) is 62.3 Å². The van der Waals surface area contributed by atoms with Gasteiger partial charge in [-0.1, -0.05) is 37.3 Å². The first-order valence-corrected chi connectivity index (χ1v) is 11.2. The molecule has 0 aromatic heterocycles. The molecular weight excluding hydrogens is 376 g/mol. The number of amidine groups is 1. The smallest absolute Gasteiger partial charge is 0.317 e. The van der Waals surface area contributed by atoms with Crippen molar-refractivity contribution in [3.05, 3.63) is 41.5 Å². The number of rotatable bonds is 3. The third kappa shape index (κ3) is 4.22. The highest BCUT2D eigenvalue weighted by Crippen LogP contribution is 2.33. The van der Waals surface area contributed by atoms with Crippen LogP contribution >= 0.6 is 0 Å². The number of amides is 2. The Kier molecular flexibility index (Phi) is 6.07. The van der Waals surface area contributed by atoms with Crippen molar-refractivity contribution in [1.82, 2.24) is 15.1 Å². The number of sulfonamides is 1. The van der Waals surface area contributed by atoms with Gasteiger partial charge in [-0.25, -0.2) is 4.79 Å². The van der Waals surface area contributed by atoms with Gasteiger partial charge in [0, 0.05) is 37.8 Å². The average Bonchev–Trinajstić information content (AvgIpc) is 2.83. The van der Waals surface area contributed by atoms with E-state index in [-0.39, 0.29) is 17.0 Å². The summed E-state index contributed by atoms with van der Waals surface area (Å²) < 4.78 is 29.5. The number of nitrogens with one attached hydrogen (secondary N) is 1. The first kappa shape index (κ1) is 20.4. The highest BCUT2D eigenvalue weighted by molar-refractivity contribution is 8.00. The van der Waals surface area contributed by atoms with Gasteiger partial charge >= 0.3 is 6.03 Å². The number of hydrogen-bond donors (Lipinski definition) is 1. The summed E-state index contributed by atoms with van der Waals surface area (Å²) in [7, 11) is -3.72. The zero-order chi connectivity index (χ0) is 20.3. The lowest BCUT2D eigenvalue weighted by Crippen LogP contribution is -2.45. The van der Waals surface area contributed by atoms with Gasteiger partial charge in [-0.3, -0.25) is 0 Å². The lowest BCUT2D eigenvalue weighted by atomic mass is 10.1. The fourth-order valence-corrected chi connectivity index (χ4v) is 4.99. The van der Waals surface area contributed by atoms with Crippen LogP contribution in [0.1, 0.15) is 39.2 Å². The zero-order valence-electron chi connectivity index (χ0n) is 16.7. The fourth-order valence-electron chi connectivity index (χ4n) is 3.51. The number of urea groups is 1. The summed E-state index contributed by atoms with van der Waals surface area (Å²) in [6.07, 6.45) is 1.65. The predicted octanol–water partition coefficient (Wildman–Crippen LogP) is 2.68. The van der Waals surface area contributed by atoms with E-state index in [0.29, 0.717) is 43.2 Å². The van der Waals surface area contributed by atoms with Gasteiger partial charge in [-0.2, -0.15) is 8.42 Å². The average molecular weight is 405 g/mol. The van der Waals surface area contributed by atoms with Crippen molar-refractivity contribution < 1.29 is 13.2 Å². The van der Waals surface area contributed by atoms with E-state index in [1.807, 2.05) is 43.9 Å². The Morgan fingerprint density at radius 1 is 1.18 bits per heavy atom. The minimum absolute atomic E-state index is 0.0607. The summed E-state index contributed by atoms with van der Waals surface area (Å²) in [6.45, 7) is 8.24. The topological polar surface area (TPSA) is 82.1 Å². The normalized spacial score (nSPS) is 20.6. The van der Waals surface area contributed by atoms with Crippen LogP contribution in [0.3, 0.4) is 0 Å². The van der Waals surface area contributed by atoms with Crippen LogP contribution in [0.15, 0.2) is 40.3 Å². The van der Waals surface area contributed by atoms with Gasteiger partial charge in [-0.05, 0) is 32.3 Å². The SMILES string of the molecule is CC[C@H](C)NC(=O)N1CCCN(C2=NS(=O)(=O)C(c3ccccc3)=C2C)CC1. The molecule has 1 aromatic carbocycles. The van der Waals surface area contributed by atoms with E-state index in [1.165, 1.54) is 0 Å². The summed E-state index contributed by atoms with van der Waals surface area (Å²) in [5, 5.41) is 2.99. The number of hydrogen-bond acceptors (Lipinski definition) is 4. The molecule has 0 aliphatic carbocycles. The number of carbonyl (C=O) groups excluding carboxylic acids is 1. The van der Waals surface area contributed by atoms with Crippen molar-refractivity contribution in [2.45, 2.75) is 39.7 Å². The molecule has 2 amide bonds. The second-order valence-corrected chi connectivity index (χ2v) is 8.84. The summed E-state index contributed by atoms with van der Waals surface area (Å²) >= 11 is 0. The minimum atomic E-state index is -3.72. The third-order valence-electron chi connectivity index (χ3n) is 5.24. The van der Waals surface area contributed by atoms with E-state index in [0.717, 1.165) is 12.8 Å². The quantitative estimate of drug-likeness (QED) is 0.840. The molecule has 7 nitrogen and oxygen atoms in total. The van der Waals surface area contributed by atoms with Crippen LogP contribution in [0.5, 0.6) is 0 Å². The van der Waals surface area contributed by atoms with Gasteiger partial charge in [0.15, 0.2) is 0 Å². The first-order valence-electron chi connectivity index (χ1n) is 9.75. The van der Waals surface area contributed by atoms with E-state index in [9.17, 15) is 13.2 Å². The van der Waals surface area contributed by atoms with E-state index < -0.39 is 10.0 Å². The maximum Gasteiger partial charge on any atom is 0.317 e. The van der Waals surface area contributed by atoms with Crippen molar-refractivity contribution in [2.75, 3.05) is 26.2 Å². The summed E-state index contributed by atoms with van der Waals surface area (Å²) in [4.78, 5) is 16.5. The molecule has 0 bridgehead atoms. The molecule has 152 valence electrons. The predicted molar refractivity (Wildman–Crippen MR) is 111 cm³/mol. The molecule has 0 radical (unpaired) electrons. The second-order valence-electron chi connectivity index (χ2n) is 7.30. The summed E-state index contributed by atoms with van der Waals surface area (Å²) in [5.74, 6) is 0.503. The third-order valence-corrected chi connectivity index (χ3v) is 6.71. The molecule has 28 heavy (non-hydrogen) atoms. The Bertz CT molecular complexity index is 893. The van der Waals surface area contributed by atoms with Crippen LogP contribution in [0, 0.1) is 0 Å². The minimum Gasteiger partial charge on any atom is -0.354 e. The van der Waals surface area contributed by atoms with Gasteiger partial charge in [0.2, 0.25) is 0 Å². The maximum absolute atomic E-state index is 12.7. The lowest BCUT2D eigenvalue weighted by molar-refractivity contribution is 0.196. The number of carbonyl (C=O) groups is 1. The van der Waals surface area contributed by atoms with E-state index in [2.05, 4.69) is 9.71 Å². The Labute approximate surface area is 167 Å². The highest BCUT2D eigenvalue weighted by atomic mass is 32.2. The molecule has 0 saturated carbocycles. The Morgan fingerprint density at radius 3 is 2.57 bits per heavy atom. The standard InChI is InChI=1S/C20H28N4O3S/c1-4-15(2)21-20(25)24-12-8-11-23(13-14-24)19-16(3)18(28(26,27)22-19)17-9-6-5-7-10-17/h5-7,9-10,15H,4,8,11-14H2,1-3H3,(H,21,25)/t15-/m0/s1. The fraction of sp³-hybridized carbons (Fsp3) is 0.500. The summed E-state index contributed by atoms with van der Waals surface area (Å²) in [5.41, 5.74) is 1.33. The maximum atomic E-state index is 12.7. The Morgan fingerprint density at radius 2 is 1.89 bits per heavy atom. The van der Waals surface area contributed by atoms with Gasteiger partial charge in [0.1, 0.15) is 10.7 Å². The monoisotopic (exact) mass is 404 g/mol. The lowest BCUT2D eigenvalue weighted by Gasteiger charge is -2.25. The van der Waals surface area contributed by atoms with Crippen LogP contribution in [0.2, 0.25) is 0 Å². The number of benzene rings is 1. The highest BCUT2D eigenvalue weighted by Gasteiger charge is 2.34. The van der Waals surface area contributed by atoms with Crippen molar-refractivity contribution in [1.29, 1.82) is 0 Å². The molecule has 2 heterocycles. The van der Waals surface area contributed by atoms with Gasteiger partial charge in [0.05, 0.1) is 0 Å². The molecule has 2 aliphatic heterocycles. The molecule has 2 aliphatic rings. The van der Waals surface area contributed by atoms with Gasteiger partial charge in [0.25, 0.3) is 10.0 Å². The first-order chi connectivity index (χ1) is 13.3. The second kappa shape index (κ2) is 8.34. The van der Waals surface area contributed by atoms with E-state index in [1.54, 1.807) is 17.0 Å². The molecule has 1 fully saturated rings. The van der Waals surface area contributed by atoms with Crippen molar-refractivity contribution >= 4 is 26.8 Å². The molecule has 1 aromatic rings. The summed E-state index contributed by atoms with van der Waals surface area (Å²) in [6, 6.07) is 9.16. The van der Waals surface area contributed by atoms with Crippen LogP contribution < -0.4 is 5.32 Å². The largest absolute Gasteiger partial charge is 0.354 e. The van der Waals surface area contributed by atoms with Crippen LogP contribution in [-0.2, 0) is 10.0 Å². The van der Waals surface area contributed by atoms with Crippen molar-refractivity contribution in [3.8, 4) is 0 Å². The molecule has 0 spiro atoms. The molecular formula is C20H28N4O3S. The molecule has 1 saturated heterocycles. The Hall–Kier alpha value is -2.35. The van der Waals surface area contributed by atoms with Gasteiger partial charge < -0.3 is 15.1 Å². The molecule has 8 heteroatoms. The van der Waals surface area contributed by atoms with E-state index >= 15 is 0 Å². The van der Waals surface area contributed by atoms with E-state index in [4.69, 9.17) is 0 Å². The molecule has 3 rings (SSSR count). The van der Waals surface area contributed by atoms with Gasteiger partial charge in [-0.15, -0.1) is 4.40 Å². The van der Waals surface area contributed by atoms with Crippen molar-refractivity contribution in [3.63, 3.8) is 0 Å². The molecule has 1 N–H and O–H groups in total. The molecule has 1 atom stereocenters. The zero-order valence-corrected chi connectivity index (χ0v) is 17.5. The van der Waals surface area contributed by atoms with Crippen LogP contribution in [0.4, 0.5) is 4.79 Å². The number of nitrogens with zero attached hydrogens (tertiary/aromatic N) is 3. The van der Waals surface area contributed by atoms with Crippen molar-refractivity contribution in [2.24, 2.45) is 4.40 Å². The Balaban J connectivity index is 1.77. The van der Waals surface area contributed by atoms with Crippen LogP contribution in [0.25, 0.3) is 4.91 Å². The molecule has 0 unspecified atom stereocenters.